The van der Waals surface area contributed by atoms with Gasteiger partial charge >= 0.3 is 0 Å². The van der Waals surface area contributed by atoms with Gasteiger partial charge in [-0.05, 0) is 0 Å². The average Bonchev–Trinajstić information content (AvgIpc) is 1.88. The molecule has 1 saturated heterocycles. The van der Waals surface area contributed by atoms with Gasteiger partial charge in [0.2, 0.25) is 0 Å². The topological polar surface area (TPSA) is 62.1 Å². The molecule has 1 unspecified atom stereocenters. The Morgan fingerprint density at radius 3 is 3.00 bits per heavy atom. The number of nitroso groups, excluding NO2 is 1. The molecule has 1 fully saturated rings. The maximum Gasteiger partial charge on any atom is 0.174 e. The zero-order valence-corrected chi connectivity index (χ0v) is 4.86. The third-order valence-electron chi connectivity index (χ3n) is 1.14. The normalized spacial score (nSPS) is 28.1. The number of ether oxygens (including phenoxy) is 1. The fourth-order valence-electron chi connectivity index (χ4n) is 0.693. The standard InChI is InChI=1S/C4H8N2O3/c7-4-3-6(5-8)1-2-9-4/h4,7H,1-3H2. The summed E-state index contributed by atoms with van der Waals surface area (Å²) in [5.41, 5.74) is 0. The van der Waals surface area contributed by atoms with Gasteiger partial charge in [-0.3, -0.25) is 5.01 Å². The van der Waals surface area contributed by atoms with Crippen molar-refractivity contribution in [3.8, 4) is 0 Å². The Labute approximate surface area is 52.2 Å². The van der Waals surface area contributed by atoms with Crippen LogP contribution in [0.3, 0.4) is 0 Å². The smallest absolute Gasteiger partial charge is 0.174 e. The average molecular weight is 132 g/mol. The Bertz CT molecular complexity index is 108. The van der Waals surface area contributed by atoms with Crippen LogP contribution in [-0.4, -0.2) is 36.1 Å². The molecule has 0 spiro atoms. The van der Waals surface area contributed by atoms with Gasteiger partial charge < -0.3 is 9.84 Å². The van der Waals surface area contributed by atoms with E-state index in [0.717, 1.165) is 0 Å². The maximum absolute atomic E-state index is 9.81. The zero-order chi connectivity index (χ0) is 6.69. The van der Waals surface area contributed by atoms with Crippen molar-refractivity contribution >= 4 is 0 Å². The van der Waals surface area contributed by atoms with Gasteiger partial charge in [-0.1, -0.05) is 0 Å². The van der Waals surface area contributed by atoms with E-state index in [9.17, 15) is 4.91 Å². The third kappa shape index (κ3) is 1.62. The molecule has 9 heavy (non-hydrogen) atoms. The summed E-state index contributed by atoms with van der Waals surface area (Å²) in [6, 6.07) is 0. The summed E-state index contributed by atoms with van der Waals surface area (Å²) < 4.78 is 4.72. The van der Waals surface area contributed by atoms with Crippen LogP contribution in [-0.2, 0) is 4.74 Å². The number of morpholine rings is 1. The molecule has 5 nitrogen and oxygen atoms in total. The molecule has 1 aliphatic rings. The molecule has 52 valence electrons. The fraction of sp³-hybridized carbons (Fsp3) is 1.00. The van der Waals surface area contributed by atoms with Crippen molar-refractivity contribution in [3.63, 3.8) is 0 Å². The summed E-state index contributed by atoms with van der Waals surface area (Å²) in [7, 11) is 0. The molecule has 0 aromatic rings. The van der Waals surface area contributed by atoms with Crippen LogP contribution >= 0.6 is 0 Å². The first kappa shape index (κ1) is 6.44. The molecule has 0 amide bonds. The van der Waals surface area contributed by atoms with Crippen LogP contribution in [0.15, 0.2) is 5.29 Å². The highest BCUT2D eigenvalue weighted by Crippen LogP contribution is 2.00. The molecule has 5 heteroatoms. The summed E-state index contributed by atoms with van der Waals surface area (Å²) in [6.07, 6.45) is -0.851. The lowest BCUT2D eigenvalue weighted by Gasteiger charge is -2.24. The molecular formula is C4H8N2O3. The van der Waals surface area contributed by atoms with Crippen LogP contribution in [0.1, 0.15) is 0 Å². The fourth-order valence-corrected chi connectivity index (χ4v) is 0.693. The number of aliphatic hydroxyl groups excluding tert-OH is 1. The van der Waals surface area contributed by atoms with Crippen molar-refractivity contribution in [2.75, 3.05) is 19.7 Å². The molecular weight excluding hydrogens is 124 g/mol. The van der Waals surface area contributed by atoms with E-state index >= 15 is 0 Å². The summed E-state index contributed by atoms with van der Waals surface area (Å²) in [4.78, 5) is 9.81. The van der Waals surface area contributed by atoms with E-state index in [-0.39, 0.29) is 6.54 Å². The van der Waals surface area contributed by atoms with E-state index in [1.807, 2.05) is 0 Å². The minimum absolute atomic E-state index is 0.184. The van der Waals surface area contributed by atoms with Crippen LogP contribution in [0.2, 0.25) is 0 Å². The van der Waals surface area contributed by atoms with Crippen molar-refractivity contribution in [3.05, 3.63) is 4.91 Å². The summed E-state index contributed by atoms with van der Waals surface area (Å²) in [5, 5.41) is 12.6. The maximum atomic E-state index is 9.81. The zero-order valence-electron chi connectivity index (χ0n) is 4.86. The van der Waals surface area contributed by atoms with Gasteiger partial charge in [0.25, 0.3) is 0 Å². The molecule has 0 radical (unpaired) electrons. The molecule has 0 aromatic heterocycles. The number of aliphatic hydroxyl groups is 1. The van der Waals surface area contributed by atoms with Gasteiger partial charge in [0.1, 0.15) is 0 Å². The predicted molar refractivity (Wildman–Crippen MR) is 29.3 cm³/mol. The SMILES string of the molecule is O=NN1CCOC(O)C1. The first-order chi connectivity index (χ1) is 4.33. The number of hydrogen-bond donors (Lipinski definition) is 1. The van der Waals surface area contributed by atoms with Gasteiger partial charge in [0.15, 0.2) is 6.29 Å². The van der Waals surface area contributed by atoms with Crippen LogP contribution in [0.5, 0.6) is 0 Å². The second-order valence-corrected chi connectivity index (χ2v) is 1.82. The van der Waals surface area contributed by atoms with Gasteiger partial charge in [-0.15, -0.1) is 4.91 Å². The minimum atomic E-state index is -0.851. The van der Waals surface area contributed by atoms with Crippen molar-refractivity contribution < 1.29 is 9.84 Å². The Hall–Kier alpha value is -0.680. The number of β-amino-alcohol motifs (C(OH)–C–C–N with tert-alkyl or cyclic N) is 1. The van der Waals surface area contributed by atoms with E-state index < -0.39 is 6.29 Å². The summed E-state index contributed by atoms with van der Waals surface area (Å²) >= 11 is 0. The number of nitrogens with zero attached hydrogens (tertiary/aromatic N) is 2. The van der Waals surface area contributed by atoms with Gasteiger partial charge in [-0.2, -0.15) is 0 Å². The largest absolute Gasteiger partial charge is 0.366 e. The summed E-state index contributed by atoms with van der Waals surface area (Å²) in [6.45, 7) is 1.02. The van der Waals surface area contributed by atoms with Gasteiger partial charge in [0, 0.05) is 0 Å². The molecule has 1 heterocycles. The second kappa shape index (κ2) is 2.75. The molecule has 1 aliphatic heterocycles. The van der Waals surface area contributed by atoms with E-state index in [2.05, 4.69) is 5.29 Å². The lowest BCUT2D eigenvalue weighted by Crippen LogP contribution is -2.38. The van der Waals surface area contributed by atoms with E-state index in [1.165, 1.54) is 5.01 Å². The summed E-state index contributed by atoms with van der Waals surface area (Å²) in [5.74, 6) is 0. The van der Waals surface area contributed by atoms with Crippen LogP contribution in [0.4, 0.5) is 0 Å². The van der Waals surface area contributed by atoms with Crippen LogP contribution < -0.4 is 0 Å². The first-order valence-electron chi connectivity index (χ1n) is 2.71. The van der Waals surface area contributed by atoms with Crippen LogP contribution in [0.25, 0.3) is 0 Å². The molecule has 1 N–H and O–H groups in total. The van der Waals surface area contributed by atoms with E-state index in [4.69, 9.17) is 9.84 Å². The molecule has 0 aromatic carbocycles. The van der Waals surface area contributed by atoms with Gasteiger partial charge in [0.05, 0.1) is 25.0 Å². The van der Waals surface area contributed by atoms with Crippen molar-refractivity contribution in [2.24, 2.45) is 5.29 Å². The van der Waals surface area contributed by atoms with Crippen LogP contribution in [0, 0.1) is 4.91 Å². The minimum Gasteiger partial charge on any atom is -0.366 e. The van der Waals surface area contributed by atoms with Crippen molar-refractivity contribution in [1.82, 2.24) is 5.01 Å². The Balaban J connectivity index is 2.31. The molecule has 1 rings (SSSR count). The molecule has 0 saturated carbocycles. The highest BCUT2D eigenvalue weighted by Gasteiger charge is 2.16. The van der Waals surface area contributed by atoms with Crippen molar-refractivity contribution in [1.29, 1.82) is 0 Å². The third-order valence-corrected chi connectivity index (χ3v) is 1.14. The van der Waals surface area contributed by atoms with Gasteiger partial charge in [-0.25, -0.2) is 0 Å². The van der Waals surface area contributed by atoms with E-state index in [1.54, 1.807) is 0 Å². The molecule has 1 atom stereocenters. The second-order valence-electron chi connectivity index (χ2n) is 1.82. The van der Waals surface area contributed by atoms with E-state index in [0.29, 0.717) is 13.2 Å². The highest BCUT2D eigenvalue weighted by atomic mass is 16.6. The Kier molecular flexibility index (Phi) is 1.96. The Morgan fingerprint density at radius 1 is 1.78 bits per heavy atom. The lowest BCUT2D eigenvalue weighted by atomic mass is 10.5. The number of hydrogen-bond acceptors (Lipinski definition) is 4. The quantitative estimate of drug-likeness (QED) is 0.480. The monoisotopic (exact) mass is 132 g/mol. The highest BCUT2D eigenvalue weighted by molar-refractivity contribution is 4.58. The van der Waals surface area contributed by atoms with Crippen molar-refractivity contribution in [2.45, 2.75) is 6.29 Å². The number of rotatable bonds is 1. The Morgan fingerprint density at radius 2 is 2.56 bits per heavy atom. The first-order valence-corrected chi connectivity index (χ1v) is 2.71. The molecule has 0 bridgehead atoms. The molecule has 0 aliphatic carbocycles. The predicted octanol–water partition coefficient (Wildman–Crippen LogP) is -0.682. The lowest BCUT2D eigenvalue weighted by molar-refractivity contribution is -0.146.